The van der Waals surface area contributed by atoms with E-state index < -0.39 is 0 Å². The third kappa shape index (κ3) is 2.42. The second kappa shape index (κ2) is 5.04. The van der Waals surface area contributed by atoms with Gasteiger partial charge in [0.2, 0.25) is 5.95 Å². The predicted octanol–water partition coefficient (Wildman–Crippen LogP) is 2.61. The standard InChI is InChI=1S/C14H17N3O/c1-4-10-8-11(5-6-13(10)18-3)12-7-9(2)16-14(15)17-12/h5-8H,4H2,1-3H3,(H2,15,16,17). The SMILES string of the molecule is CCc1cc(-c2cc(C)nc(N)n2)ccc1OC. The van der Waals surface area contributed by atoms with Gasteiger partial charge in [0.15, 0.2) is 0 Å². The molecule has 94 valence electrons. The summed E-state index contributed by atoms with van der Waals surface area (Å²) in [7, 11) is 1.68. The van der Waals surface area contributed by atoms with E-state index in [0.29, 0.717) is 5.95 Å². The maximum Gasteiger partial charge on any atom is 0.220 e. The van der Waals surface area contributed by atoms with Crippen molar-refractivity contribution in [1.82, 2.24) is 9.97 Å². The van der Waals surface area contributed by atoms with Crippen molar-refractivity contribution in [3.63, 3.8) is 0 Å². The number of anilines is 1. The first-order chi connectivity index (χ1) is 8.63. The van der Waals surface area contributed by atoms with Gasteiger partial charge in [-0.1, -0.05) is 6.92 Å². The zero-order chi connectivity index (χ0) is 13.1. The van der Waals surface area contributed by atoms with Gasteiger partial charge in [-0.05, 0) is 43.2 Å². The lowest BCUT2D eigenvalue weighted by Gasteiger charge is -2.09. The van der Waals surface area contributed by atoms with E-state index in [-0.39, 0.29) is 0 Å². The van der Waals surface area contributed by atoms with E-state index in [4.69, 9.17) is 10.5 Å². The molecule has 0 bridgehead atoms. The predicted molar refractivity (Wildman–Crippen MR) is 72.5 cm³/mol. The van der Waals surface area contributed by atoms with Crippen molar-refractivity contribution in [2.24, 2.45) is 0 Å². The number of ether oxygens (including phenoxy) is 1. The Morgan fingerprint density at radius 1 is 1.22 bits per heavy atom. The Labute approximate surface area is 107 Å². The maximum atomic E-state index is 5.68. The van der Waals surface area contributed by atoms with E-state index in [9.17, 15) is 0 Å². The number of hydrogen-bond donors (Lipinski definition) is 1. The molecule has 1 aromatic carbocycles. The van der Waals surface area contributed by atoms with Crippen LogP contribution >= 0.6 is 0 Å². The minimum absolute atomic E-state index is 0.305. The summed E-state index contributed by atoms with van der Waals surface area (Å²) in [4.78, 5) is 8.34. The molecule has 2 aromatic rings. The summed E-state index contributed by atoms with van der Waals surface area (Å²) in [5, 5.41) is 0. The molecule has 1 aromatic heterocycles. The van der Waals surface area contributed by atoms with Crippen LogP contribution in [0.4, 0.5) is 5.95 Å². The van der Waals surface area contributed by atoms with Crippen molar-refractivity contribution in [3.8, 4) is 17.0 Å². The number of nitrogen functional groups attached to an aromatic ring is 1. The molecule has 4 heteroatoms. The summed E-state index contributed by atoms with van der Waals surface area (Å²) in [6.45, 7) is 4.01. The lowest BCUT2D eigenvalue weighted by Crippen LogP contribution is -1.99. The minimum atomic E-state index is 0.305. The first-order valence-corrected chi connectivity index (χ1v) is 5.92. The number of aromatic nitrogens is 2. The van der Waals surface area contributed by atoms with Crippen molar-refractivity contribution in [2.45, 2.75) is 20.3 Å². The van der Waals surface area contributed by atoms with Gasteiger partial charge < -0.3 is 10.5 Å². The van der Waals surface area contributed by atoms with Crippen LogP contribution in [0.25, 0.3) is 11.3 Å². The van der Waals surface area contributed by atoms with Crippen LogP contribution in [0, 0.1) is 6.92 Å². The monoisotopic (exact) mass is 243 g/mol. The second-order valence-corrected chi connectivity index (χ2v) is 4.13. The van der Waals surface area contributed by atoms with Crippen LogP contribution in [0.5, 0.6) is 5.75 Å². The Balaban J connectivity index is 2.50. The van der Waals surface area contributed by atoms with E-state index in [2.05, 4.69) is 23.0 Å². The topological polar surface area (TPSA) is 61.0 Å². The third-order valence-electron chi connectivity index (χ3n) is 2.83. The fourth-order valence-corrected chi connectivity index (χ4v) is 1.95. The molecule has 18 heavy (non-hydrogen) atoms. The summed E-state index contributed by atoms with van der Waals surface area (Å²) in [6, 6.07) is 7.96. The average Bonchev–Trinajstić information content (AvgIpc) is 2.36. The van der Waals surface area contributed by atoms with Gasteiger partial charge in [-0.3, -0.25) is 0 Å². The highest BCUT2D eigenvalue weighted by molar-refractivity contribution is 5.63. The van der Waals surface area contributed by atoms with Gasteiger partial charge in [-0.25, -0.2) is 9.97 Å². The van der Waals surface area contributed by atoms with Gasteiger partial charge >= 0.3 is 0 Å². The van der Waals surface area contributed by atoms with Crippen LogP contribution in [0.15, 0.2) is 24.3 Å². The van der Waals surface area contributed by atoms with Gasteiger partial charge in [0.1, 0.15) is 5.75 Å². The molecule has 0 saturated heterocycles. The molecule has 0 fully saturated rings. The molecule has 0 radical (unpaired) electrons. The Kier molecular flexibility index (Phi) is 3.46. The lowest BCUT2D eigenvalue weighted by atomic mass is 10.0. The minimum Gasteiger partial charge on any atom is -0.496 e. The maximum absolute atomic E-state index is 5.68. The highest BCUT2D eigenvalue weighted by Crippen LogP contribution is 2.26. The molecular weight excluding hydrogens is 226 g/mol. The van der Waals surface area contributed by atoms with Gasteiger partial charge in [0, 0.05) is 11.3 Å². The molecule has 2 rings (SSSR count). The summed E-state index contributed by atoms with van der Waals surface area (Å²) < 4.78 is 5.32. The Bertz CT molecular complexity index is 547. The lowest BCUT2D eigenvalue weighted by molar-refractivity contribution is 0.410. The molecule has 0 aliphatic rings. The second-order valence-electron chi connectivity index (χ2n) is 4.13. The number of rotatable bonds is 3. The van der Waals surface area contributed by atoms with Crippen LogP contribution in [0.2, 0.25) is 0 Å². The molecule has 0 amide bonds. The molecule has 0 aliphatic heterocycles. The fourth-order valence-electron chi connectivity index (χ4n) is 1.95. The van der Waals surface area contributed by atoms with Gasteiger partial charge in [-0.15, -0.1) is 0 Å². The summed E-state index contributed by atoms with van der Waals surface area (Å²) in [5.74, 6) is 1.21. The van der Waals surface area contributed by atoms with Crippen molar-refractivity contribution < 1.29 is 4.74 Å². The number of hydrogen-bond acceptors (Lipinski definition) is 4. The van der Waals surface area contributed by atoms with E-state index in [0.717, 1.165) is 34.7 Å². The van der Waals surface area contributed by atoms with Crippen LogP contribution in [-0.2, 0) is 6.42 Å². The number of nitrogens with zero attached hydrogens (tertiary/aromatic N) is 2. The van der Waals surface area contributed by atoms with Gasteiger partial charge in [0.25, 0.3) is 0 Å². The van der Waals surface area contributed by atoms with E-state index >= 15 is 0 Å². The molecule has 0 unspecified atom stereocenters. The summed E-state index contributed by atoms with van der Waals surface area (Å²) in [5.41, 5.74) is 9.58. The Morgan fingerprint density at radius 2 is 2.00 bits per heavy atom. The van der Waals surface area contributed by atoms with Crippen molar-refractivity contribution in [3.05, 3.63) is 35.5 Å². The molecular formula is C14H17N3O. The first-order valence-electron chi connectivity index (χ1n) is 5.92. The van der Waals surface area contributed by atoms with Crippen LogP contribution < -0.4 is 10.5 Å². The average molecular weight is 243 g/mol. The highest BCUT2D eigenvalue weighted by atomic mass is 16.5. The number of nitrogens with two attached hydrogens (primary N) is 1. The molecule has 1 heterocycles. The van der Waals surface area contributed by atoms with Crippen molar-refractivity contribution in [1.29, 1.82) is 0 Å². The zero-order valence-corrected chi connectivity index (χ0v) is 10.9. The van der Waals surface area contributed by atoms with Crippen LogP contribution in [0.1, 0.15) is 18.2 Å². The zero-order valence-electron chi connectivity index (χ0n) is 10.9. The van der Waals surface area contributed by atoms with Gasteiger partial charge in [-0.2, -0.15) is 0 Å². The molecule has 0 aliphatic carbocycles. The molecule has 0 atom stereocenters. The van der Waals surface area contributed by atoms with Crippen LogP contribution in [-0.4, -0.2) is 17.1 Å². The highest BCUT2D eigenvalue weighted by Gasteiger charge is 2.07. The van der Waals surface area contributed by atoms with Crippen molar-refractivity contribution >= 4 is 5.95 Å². The third-order valence-corrected chi connectivity index (χ3v) is 2.83. The number of benzene rings is 1. The number of aryl methyl sites for hydroxylation is 2. The molecule has 0 saturated carbocycles. The molecule has 0 spiro atoms. The largest absolute Gasteiger partial charge is 0.496 e. The Hall–Kier alpha value is -2.10. The fraction of sp³-hybridized carbons (Fsp3) is 0.286. The van der Waals surface area contributed by atoms with E-state index in [1.807, 2.05) is 25.1 Å². The normalized spacial score (nSPS) is 10.4. The quantitative estimate of drug-likeness (QED) is 0.900. The van der Waals surface area contributed by atoms with Gasteiger partial charge in [0.05, 0.1) is 12.8 Å². The first kappa shape index (κ1) is 12.4. The smallest absolute Gasteiger partial charge is 0.220 e. The van der Waals surface area contributed by atoms with Crippen LogP contribution in [0.3, 0.4) is 0 Å². The van der Waals surface area contributed by atoms with E-state index in [1.54, 1.807) is 7.11 Å². The Morgan fingerprint density at radius 3 is 2.61 bits per heavy atom. The van der Waals surface area contributed by atoms with Crippen molar-refractivity contribution in [2.75, 3.05) is 12.8 Å². The number of methoxy groups -OCH3 is 1. The molecule has 2 N–H and O–H groups in total. The summed E-state index contributed by atoms with van der Waals surface area (Å²) >= 11 is 0. The van der Waals surface area contributed by atoms with E-state index in [1.165, 1.54) is 0 Å². The molecule has 4 nitrogen and oxygen atoms in total. The summed E-state index contributed by atoms with van der Waals surface area (Å²) in [6.07, 6.45) is 0.913.